The number of thioether (sulfide) groups is 1. The molecule has 6 heteroatoms. The lowest BCUT2D eigenvalue weighted by Crippen LogP contribution is -2.53. The van der Waals surface area contributed by atoms with Crippen molar-refractivity contribution in [3.05, 3.63) is 0 Å². The maximum absolute atomic E-state index is 12.4. The summed E-state index contributed by atoms with van der Waals surface area (Å²) in [5.41, 5.74) is -1.01. The SMILES string of the molecule is CCCCCCCCCCCC(=O)N[C@@H](C(=O)OCC)C(C)(C)C(=O)SCC. The normalized spacial score (nSPS) is 12.5. The lowest BCUT2D eigenvalue weighted by Gasteiger charge is -2.31. The fraction of sp³-hybridized carbons (Fsp3) is 0.864. The Labute approximate surface area is 176 Å². The summed E-state index contributed by atoms with van der Waals surface area (Å²) in [6.07, 6.45) is 11.0. The monoisotopic (exact) mass is 415 g/mol. The highest BCUT2D eigenvalue weighted by molar-refractivity contribution is 8.13. The Balaban J connectivity index is 4.42. The van der Waals surface area contributed by atoms with E-state index < -0.39 is 17.4 Å². The molecule has 0 unspecified atom stereocenters. The first-order chi connectivity index (χ1) is 13.3. The molecule has 0 aliphatic heterocycles. The number of nitrogens with one attached hydrogen (secondary N) is 1. The molecule has 0 aromatic carbocycles. The fourth-order valence-electron chi connectivity index (χ4n) is 3.02. The zero-order chi connectivity index (χ0) is 21.4. The molecule has 0 saturated carbocycles. The van der Waals surface area contributed by atoms with Crippen molar-refractivity contribution in [2.24, 2.45) is 5.41 Å². The second-order valence-corrected chi connectivity index (χ2v) is 9.01. The summed E-state index contributed by atoms with van der Waals surface area (Å²) in [6, 6.07) is -0.954. The van der Waals surface area contributed by atoms with E-state index in [4.69, 9.17) is 4.74 Å². The molecule has 0 aromatic rings. The van der Waals surface area contributed by atoms with Gasteiger partial charge in [-0.2, -0.15) is 0 Å². The fourth-order valence-corrected chi connectivity index (χ4v) is 3.78. The summed E-state index contributed by atoms with van der Waals surface area (Å²) in [5.74, 6) is -0.106. The predicted octanol–water partition coefficient (Wildman–Crippen LogP) is 5.26. The highest BCUT2D eigenvalue weighted by atomic mass is 32.2. The molecule has 164 valence electrons. The Morgan fingerprint density at radius 2 is 1.43 bits per heavy atom. The number of rotatable bonds is 16. The number of hydrogen-bond donors (Lipinski definition) is 1. The number of carbonyl (C=O) groups excluding carboxylic acids is 3. The third kappa shape index (κ3) is 11.1. The average molecular weight is 416 g/mol. The Morgan fingerprint density at radius 3 is 1.93 bits per heavy atom. The van der Waals surface area contributed by atoms with Gasteiger partial charge in [0.25, 0.3) is 0 Å². The molecule has 1 amide bonds. The first kappa shape index (κ1) is 27.0. The van der Waals surface area contributed by atoms with Crippen LogP contribution in [0.4, 0.5) is 0 Å². The molecule has 0 heterocycles. The van der Waals surface area contributed by atoms with Crippen molar-refractivity contribution in [3.63, 3.8) is 0 Å². The number of unbranched alkanes of at least 4 members (excludes halogenated alkanes) is 8. The molecule has 0 fully saturated rings. The largest absolute Gasteiger partial charge is 0.464 e. The van der Waals surface area contributed by atoms with E-state index in [9.17, 15) is 14.4 Å². The van der Waals surface area contributed by atoms with Gasteiger partial charge in [0.05, 0.1) is 12.0 Å². The molecular weight excluding hydrogens is 374 g/mol. The van der Waals surface area contributed by atoms with Crippen LogP contribution >= 0.6 is 11.8 Å². The maximum atomic E-state index is 12.4. The molecule has 0 aliphatic rings. The zero-order valence-corrected chi connectivity index (χ0v) is 19.4. The van der Waals surface area contributed by atoms with Crippen molar-refractivity contribution < 1.29 is 19.1 Å². The lowest BCUT2D eigenvalue weighted by molar-refractivity contribution is -0.152. The number of esters is 1. The van der Waals surface area contributed by atoms with Crippen LogP contribution in [0.5, 0.6) is 0 Å². The Hall–Kier alpha value is -1.04. The topological polar surface area (TPSA) is 72.5 Å². The maximum Gasteiger partial charge on any atom is 0.329 e. The van der Waals surface area contributed by atoms with Crippen molar-refractivity contribution in [2.75, 3.05) is 12.4 Å². The Kier molecular flexibility index (Phi) is 15.2. The Morgan fingerprint density at radius 1 is 0.893 bits per heavy atom. The van der Waals surface area contributed by atoms with Crippen molar-refractivity contribution in [2.45, 2.75) is 105 Å². The molecule has 5 nitrogen and oxygen atoms in total. The molecule has 0 spiro atoms. The molecule has 0 radical (unpaired) electrons. The van der Waals surface area contributed by atoms with Gasteiger partial charge in [-0.05, 0) is 32.9 Å². The van der Waals surface area contributed by atoms with Crippen LogP contribution in [0.25, 0.3) is 0 Å². The van der Waals surface area contributed by atoms with Crippen molar-refractivity contribution in [1.82, 2.24) is 5.32 Å². The van der Waals surface area contributed by atoms with Gasteiger partial charge in [-0.25, -0.2) is 4.79 Å². The second kappa shape index (κ2) is 15.8. The summed E-state index contributed by atoms with van der Waals surface area (Å²) in [4.78, 5) is 37.1. The molecule has 0 bridgehead atoms. The molecular formula is C22H41NO4S. The number of hydrogen-bond acceptors (Lipinski definition) is 5. The molecule has 0 aliphatic carbocycles. The van der Waals surface area contributed by atoms with Gasteiger partial charge < -0.3 is 10.1 Å². The van der Waals surface area contributed by atoms with Gasteiger partial charge >= 0.3 is 5.97 Å². The van der Waals surface area contributed by atoms with Crippen LogP contribution in [0.1, 0.15) is 98.8 Å². The van der Waals surface area contributed by atoms with Gasteiger partial charge in [0, 0.05) is 6.42 Å². The van der Waals surface area contributed by atoms with E-state index >= 15 is 0 Å². The van der Waals surface area contributed by atoms with Crippen molar-refractivity contribution in [3.8, 4) is 0 Å². The lowest BCUT2D eigenvalue weighted by atomic mass is 9.85. The minimum atomic E-state index is -1.01. The van der Waals surface area contributed by atoms with Crippen molar-refractivity contribution in [1.29, 1.82) is 0 Å². The molecule has 0 rings (SSSR count). The standard InChI is InChI=1S/C22H41NO4S/c1-6-9-10-11-12-13-14-15-16-17-18(24)23-19(20(25)27-7-2)22(4,5)21(26)28-8-3/h19H,6-17H2,1-5H3,(H,23,24)/t19-/m0/s1. The van der Waals surface area contributed by atoms with E-state index in [-0.39, 0.29) is 17.6 Å². The van der Waals surface area contributed by atoms with Crippen LogP contribution in [0.15, 0.2) is 0 Å². The summed E-state index contributed by atoms with van der Waals surface area (Å²) >= 11 is 1.16. The number of amides is 1. The van der Waals surface area contributed by atoms with E-state index in [1.807, 2.05) is 6.92 Å². The first-order valence-electron chi connectivity index (χ1n) is 10.9. The quantitative estimate of drug-likeness (QED) is 0.275. The van der Waals surface area contributed by atoms with Crippen LogP contribution in [-0.4, -0.2) is 35.4 Å². The van der Waals surface area contributed by atoms with E-state index in [0.717, 1.165) is 31.0 Å². The zero-order valence-electron chi connectivity index (χ0n) is 18.6. The molecule has 28 heavy (non-hydrogen) atoms. The van der Waals surface area contributed by atoms with E-state index in [0.29, 0.717) is 12.2 Å². The van der Waals surface area contributed by atoms with E-state index in [1.54, 1.807) is 20.8 Å². The van der Waals surface area contributed by atoms with E-state index in [1.165, 1.54) is 38.5 Å². The average Bonchev–Trinajstić information content (AvgIpc) is 2.65. The number of carbonyl (C=O) groups is 3. The summed E-state index contributed by atoms with van der Waals surface area (Å²) < 4.78 is 5.10. The van der Waals surface area contributed by atoms with Gasteiger partial charge in [0.1, 0.15) is 6.04 Å². The summed E-state index contributed by atoms with van der Waals surface area (Å²) in [6.45, 7) is 9.43. The third-order valence-corrected chi connectivity index (χ3v) is 5.94. The summed E-state index contributed by atoms with van der Waals surface area (Å²) in [5, 5.41) is 2.64. The first-order valence-corrected chi connectivity index (χ1v) is 11.9. The van der Waals surface area contributed by atoms with Gasteiger partial charge in [0.15, 0.2) is 5.12 Å². The molecule has 1 atom stereocenters. The molecule has 0 aromatic heterocycles. The molecule has 1 N–H and O–H groups in total. The highest BCUT2D eigenvalue weighted by Gasteiger charge is 2.43. The van der Waals surface area contributed by atoms with E-state index in [2.05, 4.69) is 12.2 Å². The molecule has 0 saturated heterocycles. The van der Waals surface area contributed by atoms with Crippen LogP contribution < -0.4 is 5.32 Å². The third-order valence-electron chi connectivity index (χ3n) is 4.86. The van der Waals surface area contributed by atoms with Crippen LogP contribution in [-0.2, 0) is 19.1 Å². The van der Waals surface area contributed by atoms with Gasteiger partial charge in [0.2, 0.25) is 5.91 Å². The van der Waals surface area contributed by atoms with Crippen LogP contribution in [0.3, 0.4) is 0 Å². The van der Waals surface area contributed by atoms with Crippen LogP contribution in [0, 0.1) is 5.41 Å². The summed E-state index contributed by atoms with van der Waals surface area (Å²) in [7, 11) is 0. The van der Waals surface area contributed by atoms with Crippen LogP contribution in [0.2, 0.25) is 0 Å². The number of ether oxygens (including phenoxy) is 1. The van der Waals surface area contributed by atoms with Crippen molar-refractivity contribution >= 4 is 28.8 Å². The van der Waals surface area contributed by atoms with Gasteiger partial charge in [-0.3, -0.25) is 9.59 Å². The second-order valence-electron chi connectivity index (χ2n) is 7.77. The predicted molar refractivity (Wildman–Crippen MR) is 117 cm³/mol. The smallest absolute Gasteiger partial charge is 0.329 e. The Bertz CT molecular complexity index is 465. The highest BCUT2D eigenvalue weighted by Crippen LogP contribution is 2.29. The van der Waals surface area contributed by atoms with Gasteiger partial charge in [-0.1, -0.05) is 77.0 Å². The minimum Gasteiger partial charge on any atom is -0.464 e. The minimum absolute atomic E-state index is 0.114. The van der Waals surface area contributed by atoms with Gasteiger partial charge in [-0.15, -0.1) is 0 Å².